The smallest absolute Gasteiger partial charge is 0.140 e. The van der Waals surface area contributed by atoms with E-state index in [1.165, 1.54) is 0 Å². The molecular formula is C14H21ClO2. The van der Waals surface area contributed by atoms with Gasteiger partial charge in [-0.2, -0.15) is 0 Å². The van der Waals surface area contributed by atoms with Crippen molar-refractivity contribution in [3.63, 3.8) is 0 Å². The van der Waals surface area contributed by atoms with Crippen molar-refractivity contribution in [3.05, 3.63) is 28.3 Å². The van der Waals surface area contributed by atoms with Gasteiger partial charge in [0.05, 0.1) is 18.2 Å². The number of aliphatic hydroxyl groups excluding tert-OH is 1. The van der Waals surface area contributed by atoms with Gasteiger partial charge in [-0.3, -0.25) is 0 Å². The Bertz CT molecular complexity index is 392. The highest BCUT2D eigenvalue weighted by Crippen LogP contribution is 2.35. The summed E-state index contributed by atoms with van der Waals surface area (Å²) in [5.74, 6) is 0.667. The lowest BCUT2D eigenvalue weighted by atomic mass is 9.85. The Labute approximate surface area is 109 Å². The summed E-state index contributed by atoms with van der Waals surface area (Å²) in [4.78, 5) is 0. The van der Waals surface area contributed by atoms with Crippen molar-refractivity contribution in [2.24, 2.45) is 0 Å². The topological polar surface area (TPSA) is 29.5 Å². The number of hydrogen-bond acceptors (Lipinski definition) is 2. The molecule has 0 bridgehead atoms. The largest absolute Gasteiger partial charge is 0.495 e. The Morgan fingerprint density at radius 3 is 2.35 bits per heavy atom. The van der Waals surface area contributed by atoms with Gasteiger partial charge in [-0.15, -0.1) is 0 Å². The van der Waals surface area contributed by atoms with Crippen LogP contribution in [0, 0.1) is 0 Å². The van der Waals surface area contributed by atoms with Crippen LogP contribution in [0.25, 0.3) is 0 Å². The Morgan fingerprint density at radius 1 is 1.35 bits per heavy atom. The van der Waals surface area contributed by atoms with E-state index in [-0.39, 0.29) is 5.41 Å². The van der Waals surface area contributed by atoms with E-state index < -0.39 is 6.10 Å². The van der Waals surface area contributed by atoms with Crippen molar-refractivity contribution in [1.82, 2.24) is 0 Å². The number of rotatable bonds is 3. The molecule has 17 heavy (non-hydrogen) atoms. The van der Waals surface area contributed by atoms with E-state index in [0.29, 0.717) is 17.2 Å². The molecule has 1 aromatic carbocycles. The maximum absolute atomic E-state index is 9.51. The summed E-state index contributed by atoms with van der Waals surface area (Å²) in [6, 6.07) is 4.00. The monoisotopic (exact) mass is 256 g/mol. The van der Waals surface area contributed by atoms with E-state index >= 15 is 0 Å². The van der Waals surface area contributed by atoms with Gasteiger partial charge in [-0.1, -0.05) is 38.4 Å². The Hall–Kier alpha value is -0.730. The molecule has 0 aromatic heterocycles. The zero-order valence-electron chi connectivity index (χ0n) is 11.2. The third kappa shape index (κ3) is 3.62. The molecular weight excluding hydrogens is 236 g/mol. The Morgan fingerprint density at radius 2 is 1.94 bits per heavy atom. The van der Waals surface area contributed by atoms with Crippen molar-refractivity contribution in [1.29, 1.82) is 0 Å². The maximum Gasteiger partial charge on any atom is 0.140 e. The average molecular weight is 257 g/mol. The Balaban J connectivity index is 3.28. The first-order chi connectivity index (χ1) is 7.75. The van der Waals surface area contributed by atoms with Gasteiger partial charge in [0.25, 0.3) is 0 Å². The summed E-state index contributed by atoms with van der Waals surface area (Å²) in [5.41, 5.74) is 2.14. The van der Waals surface area contributed by atoms with Gasteiger partial charge in [0.2, 0.25) is 0 Å². The summed E-state index contributed by atoms with van der Waals surface area (Å²) in [7, 11) is 1.60. The molecule has 0 fully saturated rings. The van der Waals surface area contributed by atoms with Crippen molar-refractivity contribution < 1.29 is 9.84 Å². The lowest BCUT2D eigenvalue weighted by Gasteiger charge is -2.22. The van der Waals surface area contributed by atoms with Crippen LogP contribution in [0.5, 0.6) is 5.75 Å². The predicted octanol–water partition coefficient (Wildman–Crippen LogP) is 3.57. The number of aliphatic hydroxyl groups is 1. The van der Waals surface area contributed by atoms with Crippen LogP contribution in [-0.4, -0.2) is 18.3 Å². The molecule has 0 aliphatic rings. The van der Waals surface area contributed by atoms with Gasteiger partial charge >= 0.3 is 0 Å². The first-order valence-corrected chi connectivity index (χ1v) is 6.18. The normalized spacial score (nSPS) is 13.6. The fourth-order valence-corrected chi connectivity index (χ4v) is 2.10. The van der Waals surface area contributed by atoms with Crippen LogP contribution in [0.15, 0.2) is 12.1 Å². The molecule has 0 spiro atoms. The van der Waals surface area contributed by atoms with Crippen molar-refractivity contribution in [3.8, 4) is 5.75 Å². The molecule has 1 unspecified atom stereocenters. The molecule has 0 aliphatic carbocycles. The molecule has 0 heterocycles. The molecule has 0 saturated heterocycles. The number of hydrogen-bond donors (Lipinski definition) is 1. The Kier molecular flexibility index (Phi) is 4.45. The van der Waals surface area contributed by atoms with Crippen LogP contribution in [0.1, 0.15) is 38.8 Å². The second-order valence-electron chi connectivity index (χ2n) is 5.45. The minimum absolute atomic E-state index is 0.0311. The predicted molar refractivity (Wildman–Crippen MR) is 72.1 cm³/mol. The van der Waals surface area contributed by atoms with Crippen LogP contribution >= 0.6 is 11.6 Å². The second kappa shape index (κ2) is 5.28. The molecule has 1 N–H and O–H groups in total. The molecule has 3 heteroatoms. The molecule has 96 valence electrons. The first-order valence-electron chi connectivity index (χ1n) is 5.80. The van der Waals surface area contributed by atoms with E-state index in [0.717, 1.165) is 11.1 Å². The zero-order chi connectivity index (χ0) is 13.2. The van der Waals surface area contributed by atoms with Crippen LogP contribution in [-0.2, 0) is 11.8 Å². The van der Waals surface area contributed by atoms with Gasteiger partial charge in [-0.05, 0) is 29.5 Å². The highest BCUT2D eigenvalue weighted by Gasteiger charge is 2.19. The van der Waals surface area contributed by atoms with Crippen LogP contribution in [0.2, 0.25) is 5.02 Å². The number of methoxy groups -OCH3 is 1. The van der Waals surface area contributed by atoms with Gasteiger partial charge in [0, 0.05) is 6.42 Å². The maximum atomic E-state index is 9.51. The summed E-state index contributed by atoms with van der Waals surface area (Å²) in [5, 5.41) is 10.1. The lowest BCUT2D eigenvalue weighted by Crippen LogP contribution is -2.13. The zero-order valence-corrected chi connectivity index (χ0v) is 11.9. The third-order valence-corrected chi connectivity index (χ3v) is 2.99. The van der Waals surface area contributed by atoms with Crippen molar-refractivity contribution in [2.45, 2.75) is 45.6 Å². The molecule has 0 saturated carbocycles. The van der Waals surface area contributed by atoms with Gasteiger partial charge < -0.3 is 9.84 Å². The quantitative estimate of drug-likeness (QED) is 0.896. The molecule has 1 aromatic rings. The second-order valence-corrected chi connectivity index (χ2v) is 5.86. The standard InChI is InChI=1S/C14H21ClO2/c1-9(16)6-10-7-11(14(2,3)4)8-12(15)13(10)17-5/h7-9,16H,6H2,1-5H3. The highest BCUT2D eigenvalue weighted by molar-refractivity contribution is 6.32. The van der Waals surface area contributed by atoms with E-state index in [9.17, 15) is 5.11 Å². The molecule has 0 amide bonds. The van der Waals surface area contributed by atoms with E-state index in [1.807, 2.05) is 6.07 Å². The lowest BCUT2D eigenvalue weighted by molar-refractivity contribution is 0.194. The van der Waals surface area contributed by atoms with Crippen LogP contribution < -0.4 is 4.74 Å². The summed E-state index contributed by atoms with van der Waals surface area (Å²) < 4.78 is 5.30. The summed E-state index contributed by atoms with van der Waals surface area (Å²) >= 11 is 6.22. The van der Waals surface area contributed by atoms with Gasteiger partial charge in [-0.25, -0.2) is 0 Å². The fourth-order valence-electron chi connectivity index (χ4n) is 1.78. The van der Waals surface area contributed by atoms with Crippen LogP contribution in [0.4, 0.5) is 0 Å². The SMILES string of the molecule is COc1c(Cl)cc(C(C)(C)C)cc1CC(C)O. The van der Waals surface area contributed by atoms with Gasteiger partial charge in [0.15, 0.2) is 0 Å². The number of ether oxygens (including phenoxy) is 1. The highest BCUT2D eigenvalue weighted by atomic mass is 35.5. The van der Waals surface area contributed by atoms with Gasteiger partial charge in [0.1, 0.15) is 5.75 Å². The third-order valence-electron chi connectivity index (χ3n) is 2.71. The molecule has 0 aliphatic heterocycles. The van der Waals surface area contributed by atoms with E-state index in [4.69, 9.17) is 16.3 Å². The summed E-state index contributed by atoms with van der Waals surface area (Å²) in [6.07, 6.45) is 0.141. The van der Waals surface area contributed by atoms with Crippen molar-refractivity contribution >= 4 is 11.6 Å². The molecule has 1 rings (SSSR count). The fraction of sp³-hybridized carbons (Fsp3) is 0.571. The molecule has 2 nitrogen and oxygen atoms in total. The van der Waals surface area contributed by atoms with Crippen molar-refractivity contribution in [2.75, 3.05) is 7.11 Å². The van der Waals surface area contributed by atoms with E-state index in [2.05, 4.69) is 26.8 Å². The molecule has 1 atom stereocenters. The number of halogens is 1. The van der Waals surface area contributed by atoms with E-state index in [1.54, 1.807) is 14.0 Å². The molecule has 0 radical (unpaired) electrons. The minimum Gasteiger partial charge on any atom is -0.495 e. The minimum atomic E-state index is -0.407. The number of benzene rings is 1. The van der Waals surface area contributed by atoms with Crippen LogP contribution in [0.3, 0.4) is 0 Å². The average Bonchev–Trinajstić information content (AvgIpc) is 2.14. The summed E-state index contributed by atoms with van der Waals surface area (Å²) in [6.45, 7) is 8.17. The first kappa shape index (κ1) is 14.3.